The number of hydrogen-bond donors (Lipinski definition) is 0. The van der Waals surface area contributed by atoms with Crippen LogP contribution in [0.15, 0.2) is 55.0 Å². The Labute approximate surface area is 215 Å². The van der Waals surface area contributed by atoms with Crippen LogP contribution in [0.2, 0.25) is 0 Å². The zero-order valence-corrected chi connectivity index (χ0v) is 21.9. The number of ether oxygens (including phenoxy) is 4. The molecule has 0 fully saturated rings. The molecule has 1 unspecified atom stereocenters. The maximum atomic E-state index is 12.0. The molecule has 0 saturated carbocycles. The molecule has 1 atom stereocenters. The molecule has 0 N–H and O–H groups in total. The molecule has 194 valence electrons. The highest BCUT2D eigenvalue weighted by Crippen LogP contribution is 2.36. The van der Waals surface area contributed by atoms with Gasteiger partial charge in [-0.15, -0.1) is 0 Å². The number of aromatic nitrogens is 4. The Bertz CT molecular complexity index is 1380. The fraction of sp³-hybridized carbons (Fsp3) is 0.333. The molecular weight excluding hydrogens is 474 g/mol. The summed E-state index contributed by atoms with van der Waals surface area (Å²) in [5.74, 6) is 0.854. The van der Waals surface area contributed by atoms with Crippen molar-refractivity contribution >= 4 is 28.4 Å². The standard InChI is InChI=1S/C27H31N5O5/c1-18(33)37-27(2,17-34-4)16-32(21-9-22(35-5)12-23(10-21)36-6)20-7-8-24-25(11-20)30-26(14-28-24)19-13-29-31(3)15-19/h7-15H,16-17H2,1-6H3. The van der Waals surface area contributed by atoms with Gasteiger partial charge in [0.2, 0.25) is 0 Å². The van der Waals surface area contributed by atoms with Crippen LogP contribution >= 0.6 is 0 Å². The maximum Gasteiger partial charge on any atom is 0.303 e. The minimum Gasteiger partial charge on any atom is -0.497 e. The van der Waals surface area contributed by atoms with Crippen LogP contribution < -0.4 is 14.4 Å². The highest BCUT2D eigenvalue weighted by molar-refractivity contribution is 5.83. The molecule has 2 aromatic carbocycles. The van der Waals surface area contributed by atoms with Gasteiger partial charge in [-0.1, -0.05) is 0 Å². The van der Waals surface area contributed by atoms with E-state index in [2.05, 4.69) is 10.1 Å². The van der Waals surface area contributed by atoms with E-state index in [1.807, 2.05) is 55.4 Å². The van der Waals surface area contributed by atoms with E-state index < -0.39 is 11.6 Å². The summed E-state index contributed by atoms with van der Waals surface area (Å²) in [5, 5.41) is 4.24. The van der Waals surface area contributed by atoms with Crippen molar-refractivity contribution in [2.45, 2.75) is 19.4 Å². The van der Waals surface area contributed by atoms with Gasteiger partial charge in [-0.3, -0.25) is 14.5 Å². The van der Waals surface area contributed by atoms with E-state index >= 15 is 0 Å². The predicted octanol–water partition coefficient (Wildman–Crippen LogP) is 4.15. The fourth-order valence-corrected chi connectivity index (χ4v) is 4.23. The molecule has 4 aromatic rings. The summed E-state index contributed by atoms with van der Waals surface area (Å²) < 4.78 is 23.9. The van der Waals surface area contributed by atoms with Crippen molar-refractivity contribution in [1.29, 1.82) is 0 Å². The predicted molar refractivity (Wildman–Crippen MR) is 140 cm³/mol. The Balaban J connectivity index is 1.84. The van der Waals surface area contributed by atoms with E-state index in [4.69, 9.17) is 23.9 Å². The molecule has 0 amide bonds. The molecule has 10 nitrogen and oxygen atoms in total. The summed E-state index contributed by atoms with van der Waals surface area (Å²) in [6.07, 6.45) is 5.38. The first-order valence-electron chi connectivity index (χ1n) is 11.7. The SMILES string of the molecule is COCC(C)(CN(c1cc(OC)cc(OC)c1)c1ccc2ncc(-c3cnn(C)c3)nc2c1)OC(C)=O. The Kier molecular flexibility index (Phi) is 7.58. The molecule has 0 bridgehead atoms. The topological polar surface area (TPSA) is 101 Å². The fourth-order valence-electron chi connectivity index (χ4n) is 4.23. The molecule has 0 aliphatic carbocycles. The van der Waals surface area contributed by atoms with E-state index in [9.17, 15) is 4.79 Å². The largest absolute Gasteiger partial charge is 0.497 e. The second-order valence-electron chi connectivity index (χ2n) is 8.96. The zero-order valence-electron chi connectivity index (χ0n) is 21.9. The average Bonchev–Trinajstić information content (AvgIpc) is 3.32. The monoisotopic (exact) mass is 505 g/mol. The van der Waals surface area contributed by atoms with Crippen LogP contribution in [0.25, 0.3) is 22.3 Å². The molecule has 0 spiro atoms. The number of carbonyl (C=O) groups is 1. The molecule has 2 heterocycles. The Morgan fingerprint density at radius 2 is 1.73 bits per heavy atom. The van der Waals surface area contributed by atoms with E-state index in [1.165, 1.54) is 6.92 Å². The summed E-state index contributed by atoms with van der Waals surface area (Å²) >= 11 is 0. The molecule has 0 aliphatic rings. The number of nitrogens with zero attached hydrogens (tertiary/aromatic N) is 5. The van der Waals surface area contributed by atoms with E-state index in [0.29, 0.717) is 17.0 Å². The number of aryl methyl sites for hydroxylation is 1. The van der Waals surface area contributed by atoms with Crippen molar-refractivity contribution in [3.63, 3.8) is 0 Å². The first kappa shape index (κ1) is 25.9. The lowest BCUT2D eigenvalue weighted by atomic mass is 10.1. The molecule has 4 rings (SSSR count). The maximum absolute atomic E-state index is 12.0. The first-order chi connectivity index (χ1) is 17.7. The van der Waals surface area contributed by atoms with Crippen molar-refractivity contribution in [2.24, 2.45) is 7.05 Å². The van der Waals surface area contributed by atoms with Crippen LogP contribution in [0.1, 0.15) is 13.8 Å². The van der Waals surface area contributed by atoms with E-state index in [0.717, 1.165) is 28.1 Å². The van der Waals surface area contributed by atoms with Gasteiger partial charge in [0.1, 0.15) is 11.5 Å². The van der Waals surface area contributed by atoms with Gasteiger partial charge in [0.05, 0.1) is 56.5 Å². The van der Waals surface area contributed by atoms with Gasteiger partial charge in [-0.2, -0.15) is 5.10 Å². The van der Waals surface area contributed by atoms with Crippen molar-refractivity contribution in [3.05, 3.63) is 55.0 Å². The minimum atomic E-state index is -0.949. The Morgan fingerprint density at radius 3 is 2.32 bits per heavy atom. The van der Waals surface area contributed by atoms with Gasteiger partial charge in [0, 0.05) is 62.4 Å². The van der Waals surface area contributed by atoms with Gasteiger partial charge >= 0.3 is 5.97 Å². The number of carbonyl (C=O) groups excluding carboxylic acids is 1. The van der Waals surface area contributed by atoms with E-state index in [1.54, 1.807) is 44.5 Å². The van der Waals surface area contributed by atoms with Crippen molar-refractivity contribution in [2.75, 3.05) is 39.4 Å². The third-order valence-electron chi connectivity index (χ3n) is 5.82. The second kappa shape index (κ2) is 10.8. The lowest BCUT2D eigenvalue weighted by Crippen LogP contribution is -2.46. The number of anilines is 2. The lowest BCUT2D eigenvalue weighted by molar-refractivity contribution is -0.159. The van der Waals surface area contributed by atoms with Crippen LogP contribution in [0, 0.1) is 0 Å². The van der Waals surface area contributed by atoms with Crippen LogP contribution in [0.5, 0.6) is 11.5 Å². The number of benzene rings is 2. The molecular formula is C27H31N5O5. The van der Waals surface area contributed by atoms with Crippen molar-refractivity contribution < 1.29 is 23.7 Å². The molecule has 37 heavy (non-hydrogen) atoms. The van der Waals surface area contributed by atoms with Crippen LogP contribution in [0.3, 0.4) is 0 Å². The highest BCUT2D eigenvalue weighted by Gasteiger charge is 2.32. The van der Waals surface area contributed by atoms with Crippen molar-refractivity contribution in [1.82, 2.24) is 19.7 Å². The van der Waals surface area contributed by atoms with Gasteiger partial charge in [0.25, 0.3) is 0 Å². The smallest absolute Gasteiger partial charge is 0.303 e. The van der Waals surface area contributed by atoms with Crippen LogP contribution in [-0.4, -0.2) is 65.8 Å². The van der Waals surface area contributed by atoms with E-state index in [-0.39, 0.29) is 13.2 Å². The summed E-state index contributed by atoms with van der Waals surface area (Å²) in [6.45, 7) is 3.71. The minimum absolute atomic E-state index is 0.197. The number of methoxy groups -OCH3 is 3. The quantitative estimate of drug-likeness (QED) is 0.294. The summed E-state index contributed by atoms with van der Waals surface area (Å²) in [6, 6.07) is 11.4. The molecule has 0 saturated heterocycles. The molecule has 2 aromatic heterocycles. The summed E-state index contributed by atoms with van der Waals surface area (Å²) in [7, 11) is 6.63. The normalized spacial score (nSPS) is 12.7. The average molecular weight is 506 g/mol. The number of esters is 1. The Morgan fingerprint density at radius 1 is 1.00 bits per heavy atom. The Hall–Kier alpha value is -4.18. The number of hydrogen-bond acceptors (Lipinski definition) is 9. The van der Waals surface area contributed by atoms with Gasteiger partial charge < -0.3 is 23.8 Å². The number of rotatable bonds is 10. The molecule has 10 heteroatoms. The third kappa shape index (κ3) is 5.97. The van der Waals surface area contributed by atoms with Crippen LogP contribution in [-0.2, 0) is 21.3 Å². The summed E-state index contributed by atoms with van der Waals surface area (Å²) in [5.41, 5.74) is 3.70. The third-order valence-corrected chi connectivity index (χ3v) is 5.82. The van der Waals surface area contributed by atoms with Gasteiger partial charge in [0.15, 0.2) is 5.60 Å². The lowest BCUT2D eigenvalue weighted by Gasteiger charge is -2.36. The number of fused-ring (bicyclic) bond motifs is 1. The summed E-state index contributed by atoms with van der Waals surface area (Å²) in [4.78, 5) is 23.4. The first-order valence-corrected chi connectivity index (χ1v) is 11.7. The molecule has 0 aliphatic heterocycles. The molecule has 0 radical (unpaired) electrons. The second-order valence-corrected chi connectivity index (χ2v) is 8.96. The van der Waals surface area contributed by atoms with Crippen LogP contribution in [0.4, 0.5) is 11.4 Å². The highest BCUT2D eigenvalue weighted by atomic mass is 16.6. The zero-order chi connectivity index (χ0) is 26.6. The van der Waals surface area contributed by atoms with Crippen molar-refractivity contribution in [3.8, 4) is 22.8 Å². The van der Waals surface area contributed by atoms with Gasteiger partial charge in [-0.05, 0) is 25.1 Å². The van der Waals surface area contributed by atoms with Gasteiger partial charge in [-0.25, -0.2) is 4.98 Å².